The van der Waals surface area contributed by atoms with Gasteiger partial charge in [-0.15, -0.1) is 0 Å². The SMILES string of the molecule is NC1=NC(c2ccccc2)(c2ccccc2)C(=O)N1CCCCNS(=O)(=O)c1ccc(O)cc1. The normalized spacial score (nSPS) is 15.4. The number of hydrogen-bond donors (Lipinski definition) is 3. The molecule has 8 nitrogen and oxygen atoms in total. The van der Waals surface area contributed by atoms with Crippen LogP contribution in [-0.4, -0.2) is 43.4 Å². The number of amides is 1. The number of nitrogens with two attached hydrogens (primary N) is 1. The zero-order valence-electron chi connectivity index (χ0n) is 18.5. The standard InChI is InChI=1S/C25H26N4O4S/c26-24-28-25(19-9-3-1-4-10-19,20-11-5-2-6-12-20)23(31)29(24)18-8-7-17-27-34(32,33)22-15-13-21(30)14-16-22/h1-6,9-16,27,30H,7-8,17-18H2,(H2,26,28). The number of sulfonamides is 1. The second-order valence-corrected chi connectivity index (χ2v) is 9.73. The summed E-state index contributed by atoms with van der Waals surface area (Å²) in [5.41, 5.74) is 6.44. The zero-order chi connectivity index (χ0) is 24.2. The molecule has 0 saturated heterocycles. The maximum atomic E-state index is 13.7. The summed E-state index contributed by atoms with van der Waals surface area (Å²) in [4.78, 5) is 19.9. The number of benzene rings is 3. The monoisotopic (exact) mass is 478 g/mol. The molecule has 0 atom stereocenters. The van der Waals surface area contributed by atoms with Crippen molar-refractivity contribution in [2.24, 2.45) is 10.7 Å². The largest absolute Gasteiger partial charge is 0.508 e. The number of nitrogens with zero attached hydrogens (tertiary/aromatic N) is 2. The number of guanidine groups is 1. The molecule has 1 aliphatic rings. The van der Waals surface area contributed by atoms with E-state index in [1.54, 1.807) is 0 Å². The Morgan fingerprint density at radius 3 is 2.00 bits per heavy atom. The number of nitrogens with one attached hydrogen (secondary N) is 1. The molecule has 34 heavy (non-hydrogen) atoms. The van der Waals surface area contributed by atoms with Crippen molar-refractivity contribution in [3.05, 3.63) is 96.1 Å². The highest BCUT2D eigenvalue weighted by atomic mass is 32.2. The average molecular weight is 479 g/mol. The van der Waals surface area contributed by atoms with Gasteiger partial charge in [-0.1, -0.05) is 60.7 Å². The van der Waals surface area contributed by atoms with Gasteiger partial charge in [0.25, 0.3) is 5.91 Å². The van der Waals surface area contributed by atoms with E-state index in [-0.39, 0.29) is 29.1 Å². The van der Waals surface area contributed by atoms with Gasteiger partial charge in [0.15, 0.2) is 11.5 Å². The van der Waals surface area contributed by atoms with Crippen LogP contribution in [0.15, 0.2) is 94.8 Å². The van der Waals surface area contributed by atoms with Crippen molar-refractivity contribution in [1.29, 1.82) is 0 Å². The third-order valence-corrected chi connectivity index (χ3v) is 7.22. The van der Waals surface area contributed by atoms with Crippen molar-refractivity contribution in [3.8, 4) is 5.75 Å². The lowest BCUT2D eigenvalue weighted by molar-refractivity contribution is -0.130. The predicted molar refractivity (Wildman–Crippen MR) is 130 cm³/mol. The molecule has 3 aromatic carbocycles. The van der Waals surface area contributed by atoms with Crippen molar-refractivity contribution in [2.45, 2.75) is 23.3 Å². The topological polar surface area (TPSA) is 125 Å². The minimum Gasteiger partial charge on any atom is -0.508 e. The van der Waals surface area contributed by atoms with Crippen LogP contribution >= 0.6 is 0 Å². The number of phenolic OH excluding ortho intramolecular Hbond substituents is 1. The molecular formula is C25H26N4O4S. The second-order valence-electron chi connectivity index (χ2n) is 7.97. The Bertz CT molecular complexity index is 1240. The van der Waals surface area contributed by atoms with Gasteiger partial charge in [-0.05, 0) is 48.2 Å². The fourth-order valence-corrected chi connectivity index (χ4v) is 5.08. The van der Waals surface area contributed by atoms with E-state index in [9.17, 15) is 18.3 Å². The quantitative estimate of drug-likeness (QED) is 0.408. The molecule has 3 aromatic rings. The van der Waals surface area contributed by atoms with E-state index in [0.717, 1.165) is 11.1 Å². The molecule has 0 aliphatic carbocycles. The molecule has 9 heteroatoms. The number of phenols is 1. The molecule has 176 valence electrons. The number of unbranched alkanes of at least 4 members (excludes halogenated alkanes) is 1. The third kappa shape index (κ3) is 4.52. The molecule has 0 bridgehead atoms. The van der Waals surface area contributed by atoms with Gasteiger partial charge in [-0.3, -0.25) is 9.69 Å². The summed E-state index contributed by atoms with van der Waals surface area (Å²) in [5, 5.41) is 9.33. The highest BCUT2D eigenvalue weighted by molar-refractivity contribution is 7.89. The van der Waals surface area contributed by atoms with Crippen LogP contribution in [0.25, 0.3) is 0 Å². The highest BCUT2D eigenvalue weighted by Crippen LogP contribution is 2.39. The average Bonchev–Trinajstić information content (AvgIpc) is 3.11. The summed E-state index contributed by atoms with van der Waals surface area (Å²) in [7, 11) is -3.68. The Morgan fingerprint density at radius 1 is 0.882 bits per heavy atom. The number of aliphatic imine (C=N–C) groups is 1. The van der Waals surface area contributed by atoms with E-state index in [2.05, 4.69) is 9.71 Å². The lowest BCUT2D eigenvalue weighted by Crippen LogP contribution is -2.44. The Morgan fingerprint density at radius 2 is 1.44 bits per heavy atom. The Labute approximate surface area is 198 Å². The number of rotatable bonds is 9. The molecule has 1 amide bonds. The van der Waals surface area contributed by atoms with Crippen LogP contribution in [-0.2, 0) is 20.4 Å². The minimum atomic E-state index is -3.68. The van der Waals surface area contributed by atoms with Crippen LogP contribution in [0.1, 0.15) is 24.0 Å². The van der Waals surface area contributed by atoms with Crippen molar-refractivity contribution in [1.82, 2.24) is 9.62 Å². The third-order valence-electron chi connectivity index (χ3n) is 5.74. The summed E-state index contributed by atoms with van der Waals surface area (Å²) in [5.74, 6) is -0.0926. The molecule has 0 saturated carbocycles. The maximum Gasteiger partial charge on any atom is 0.266 e. The van der Waals surface area contributed by atoms with Gasteiger partial charge in [0.05, 0.1) is 4.90 Å². The lowest BCUT2D eigenvalue weighted by Gasteiger charge is -2.27. The van der Waals surface area contributed by atoms with Crippen molar-refractivity contribution >= 4 is 21.9 Å². The van der Waals surface area contributed by atoms with E-state index in [0.29, 0.717) is 19.4 Å². The van der Waals surface area contributed by atoms with Crippen molar-refractivity contribution in [2.75, 3.05) is 13.1 Å². The summed E-state index contributed by atoms with van der Waals surface area (Å²) in [6.45, 7) is 0.515. The first-order chi connectivity index (χ1) is 16.3. The molecule has 0 spiro atoms. The smallest absolute Gasteiger partial charge is 0.266 e. The van der Waals surface area contributed by atoms with Gasteiger partial charge in [0.2, 0.25) is 10.0 Å². The van der Waals surface area contributed by atoms with Gasteiger partial charge >= 0.3 is 0 Å². The molecule has 0 unspecified atom stereocenters. The van der Waals surface area contributed by atoms with Gasteiger partial charge in [-0.2, -0.15) is 0 Å². The first kappa shape index (κ1) is 23.5. The highest BCUT2D eigenvalue weighted by Gasteiger charge is 2.50. The second kappa shape index (κ2) is 9.66. The van der Waals surface area contributed by atoms with E-state index >= 15 is 0 Å². The van der Waals surface area contributed by atoms with E-state index in [1.807, 2.05) is 60.7 Å². The van der Waals surface area contributed by atoms with Gasteiger partial charge in [-0.25, -0.2) is 18.1 Å². The maximum absolute atomic E-state index is 13.7. The van der Waals surface area contributed by atoms with Gasteiger partial charge in [0, 0.05) is 13.1 Å². The summed E-state index contributed by atoms with van der Waals surface area (Å²) < 4.78 is 27.3. The Balaban J connectivity index is 1.42. The van der Waals surface area contributed by atoms with Crippen molar-refractivity contribution in [3.63, 3.8) is 0 Å². The van der Waals surface area contributed by atoms with Gasteiger partial charge in [0.1, 0.15) is 5.75 Å². The molecule has 1 aliphatic heterocycles. The van der Waals surface area contributed by atoms with Crippen LogP contribution in [0.2, 0.25) is 0 Å². The number of carbonyl (C=O) groups excluding carboxylic acids is 1. The molecule has 0 radical (unpaired) electrons. The molecule has 0 fully saturated rings. The number of hydrogen-bond acceptors (Lipinski definition) is 6. The molecular weight excluding hydrogens is 452 g/mol. The molecule has 4 N–H and O–H groups in total. The van der Waals surface area contributed by atoms with Crippen LogP contribution in [0.4, 0.5) is 0 Å². The van der Waals surface area contributed by atoms with E-state index in [4.69, 9.17) is 5.73 Å². The predicted octanol–water partition coefficient (Wildman–Crippen LogP) is 2.55. The number of aromatic hydroxyl groups is 1. The Hall–Kier alpha value is -3.69. The zero-order valence-corrected chi connectivity index (χ0v) is 19.3. The van der Waals surface area contributed by atoms with Crippen molar-refractivity contribution < 1.29 is 18.3 Å². The first-order valence-electron chi connectivity index (χ1n) is 10.9. The van der Waals surface area contributed by atoms with Crippen LogP contribution in [0.3, 0.4) is 0 Å². The van der Waals surface area contributed by atoms with E-state index < -0.39 is 15.6 Å². The molecule has 1 heterocycles. The summed E-state index contributed by atoms with van der Waals surface area (Å²) >= 11 is 0. The van der Waals surface area contributed by atoms with Crippen LogP contribution in [0, 0.1) is 0 Å². The van der Waals surface area contributed by atoms with Crippen LogP contribution in [0.5, 0.6) is 5.75 Å². The Kier molecular flexibility index (Phi) is 6.67. The summed E-state index contributed by atoms with van der Waals surface area (Å²) in [6.07, 6.45) is 1.03. The lowest BCUT2D eigenvalue weighted by atomic mass is 9.83. The fraction of sp³-hybridized carbons (Fsp3) is 0.200. The first-order valence-corrected chi connectivity index (χ1v) is 12.4. The summed E-state index contributed by atoms with van der Waals surface area (Å²) in [6, 6.07) is 24.0. The fourth-order valence-electron chi connectivity index (χ4n) is 4.01. The molecule has 0 aromatic heterocycles. The van der Waals surface area contributed by atoms with Crippen LogP contribution < -0.4 is 10.5 Å². The molecule has 4 rings (SSSR count). The minimum absolute atomic E-state index is 0.00411. The van der Waals surface area contributed by atoms with Gasteiger partial charge < -0.3 is 10.8 Å². The number of carbonyl (C=O) groups is 1. The van der Waals surface area contributed by atoms with E-state index in [1.165, 1.54) is 29.2 Å².